The van der Waals surface area contributed by atoms with E-state index < -0.39 is 40.6 Å². The minimum absolute atomic E-state index is 0. The van der Waals surface area contributed by atoms with Crippen molar-refractivity contribution < 1.29 is 32.5 Å². The van der Waals surface area contributed by atoms with E-state index in [9.17, 15) is 23.0 Å². The van der Waals surface area contributed by atoms with Crippen molar-refractivity contribution in [2.24, 2.45) is 5.14 Å². The molecule has 194 valence electrons. The summed E-state index contributed by atoms with van der Waals surface area (Å²) in [6, 6.07) is 4.36. The van der Waals surface area contributed by atoms with Gasteiger partial charge >= 0.3 is 0 Å². The van der Waals surface area contributed by atoms with Gasteiger partial charge in [0.2, 0.25) is 0 Å². The van der Waals surface area contributed by atoms with Crippen molar-refractivity contribution in [3.05, 3.63) is 47.7 Å². The molecule has 0 aliphatic carbocycles. The van der Waals surface area contributed by atoms with Crippen molar-refractivity contribution in [2.75, 3.05) is 18.9 Å². The number of aliphatic hydroxyl groups excluding tert-OH is 2. The number of ether oxygens (including phenoxy) is 2. The maximum atomic E-state index is 14.4. The van der Waals surface area contributed by atoms with Gasteiger partial charge in [-0.25, -0.2) is 19.5 Å². The van der Waals surface area contributed by atoms with Crippen LogP contribution in [0, 0.1) is 17.7 Å². The Balaban J connectivity index is 0.00000361. The molecule has 1 fully saturated rings. The average molecular weight is 543 g/mol. The summed E-state index contributed by atoms with van der Waals surface area (Å²) >= 11 is 0. The van der Waals surface area contributed by atoms with E-state index in [0.29, 0.717) is 17.6 Å². The lowest BCUT2D eigenvalue weighted by Crippen LogP contribution is -2.42. The van der Waals surface area contributed by atoms with Gasteiger partial charge in [-0.15, -0.1) is 12.4 Å². The molecule has 0 bridgehead atoms. The lowest BCUT2D eigenvalue weighted by molar-refractivity contribution is -0.0327. The predicted molar refractivity (Wildman–Crippen MR) is 130 cm³/mol. The summed E-state index contributed by atoms with van der Waals surface area (Å²) in [5.74, 6) is 5.39. The van der Waals surface area contributed by atoms with Gasteiger partial charge in [-0.1, -0.05) is 17.9 Å². The monoisotopic (exact) mass is 542 g/mol. The van der Waals surface area contributed by atoms with E-state index in [1.54, 1.807) is 13.0 Å². The Hall–Kier alpha value is -3.03. The normalized spacial score (nSPS) is 21.6. The number of halogens is 2. The van der Waals surface area contributed by atoms with Gasteiger partial charge in [0, 0.05) is 12.7 Å². The molecule has 7 N–H and O–H groups in total. The van der Waals surface area contributed by atoms with Gasteiger partial charge in [0.05, 0.1) is 17.6 Å². The highest BCUT2D eigenvalue weighted by Gasteiger charge is 2.44. The zero-order chi connectivity index (χ0) is 25.3. The van der Waals surface area contributed by atoms with Crippen molar-refractivity contribution in [3.63, 3.8) is 0 Å². The maximum absolute atomic E-state index is 14.4. The summed E-state index contributed by atoms with van der Waals surface area (Å²) in [7, 11) is -4.04. The fourth-order valence-electron chi connectivity index (χ4n) is 3.75. The minimum Gasteiger partial charge on any atom is -0.492 e. The molecule has 4 rings (SSSR count). The van der Waals surface area contributed by atoms with Crippen LogP contribution in [0.2, 0.25) is 0 Å². The number of nitrogen functional groups attached to an aromatic ring is 1. The number of nitrogens with one attached hydrogen (secondary N) is 1. The van der Waals surface area contributed by atoms with Crippen LogP contribution in [-0.2, 0) is 14.9 Å². The van der Waals surface area contributed by atoms with Crippen LogP contribution in [0.25, 0.3) is 11.0 Å². The van der Waals surface area contributed by atoms with Gasteiger partial charge in [-0.05, 0) is 19.1 Å². The number of anilines is 1. The Bertz CT molecular complexity index is 1430. The summed E-state index contributed by atoms with van der Waals surface area (Å²) in [4.78, 5) is 8.17. The fourth-order valence-corrected chi connectivity index (χ4v) is 4.15. The van der Waals surface area contributed by atoms with Crippen LogP contribution in [0.15, 0.2) is 30.7 Å². The zero-order valence-electron chi connectivity index (χ0n) is 18.8. The second-order valence-electron chi connectivity index (χ2n) is 7.64. The summed E-state index contributed by atoms with van der Waals surface area (Å²) < 4.78 is 51.4. The zero-order valence-corrected chi connectivity index (χ0v) is 20.5. The van der Waals surface area contributed by atoms with Gasteiger partial charge in [0.25, 0.3) is 10.2 Å². The van der Waals surface area contributed by atoms with Crippen molar-refractivity contribution >= 4 is 39.5 Å². The summed E-state index contributed by atoms with van der Waals surface area (Å²) in [6.07, 6.45) is -2.49. The molecule has 0 amide bonds. The lowest BCUT2D eigenvalue weighted by Gasteiger charge is -2.17. The molecule has 36 heavy (non-hydrogen) atoms. The number of nitrogens with zero attached hydrogens (tertiary/aromatic N) is 3. The second-order valence-corrected chi connectivity index (χ2v) is 9.02. The standard InChI is InChI=1S/C21H23FN6O6S.ClH/c1-2-33-14-5-3-4-13(22)12(14)7-6-11-9-28(20-16(11)19(23)25-10-26-20)21-18(30)17(29)15(34-21)8-27-35(24,31)32;/h3-5,9-10,15,17-18,21,27,29-30H,2,8H2,1H3,(H2,23,25,26)(H2,24,31,32);1H. The molecule has 0 saturated carbocycles. The van der Waals surface area contributed by atoms with E-state index >= 15 is 0 Å². The first-order valence-corrected chi connectivity index (χ1v) is 12.0. The lowest BCUT2D eigenvalue weighted by atomic mass is 10.1. The molecule has 1 saturated heterocycles. The molecule has 3 aromatic rings. The van der Waals surface area contributed by atoms with Gasteiger partial charge in [-0.2, -0.15) is 13.1 Å². The van der Waals surface area contributed by atoms with Gasteiger partial charge < -0.3 is 30.0 Å². The van der Waals surface area contributed by atoms with E-state index in [2.05, 4.69) is 21.8 Å². The SMILES string of the molecule is CCOc1cccc(F)c1C#Cc1cn(C2OC(CNS(N)(=O)=O)C(O)C2O)c2ncnc(N)c12.Cl. The number of hydrogen-bond acceptors (Lipinski definition) is 9. The fraction of sp³-hybridized carbons (Fsp3) is 0.333. The summed E-state index contributed by atoms with van der Waals surface area (Å²) in [5.41, 5.74) is 6.64. The van der Waals surface area contributed by atoms with E-state index in [4.69, 9.17) is 20.3 Å². The highest BCUT2D eigenvalue weighted by molar-refractivity contribution is 7.87. The molecule has 15 heteroatoms. The van der Waals surface area contributed by atoms with Crippen molar-refractivity contribution in [1.29, 1.82) is 0 Å². The first-order valence-electron chi connectivity index (χ1n) is 10.4. The first kappa shape index (κ1) is 27.6. The van der Waals surface area contributed by atoms with E-state index in [0.717, 1.165) is 0 Å². The molecule has 0 radical (unpaired) electrons. The maximum Gasteiger partial charge on any atom is 0.274 e. The third-order valence-corrected chi connectivity index (χ3v) is 5.90. The van der Waals surface area contributed by atoms with Gasteiger partial charge in [-0.3, -0.25) is 0 Å². The van der Waals surface area contributed by atoms with Crippen LogP contribution in [0.5, 0.6) is 5.75 Å². The Morgan fingerprint density at radius 3 is 2.72 bits per heavy atom. The van der Waals surface area contributed by atoms with E-state index in [1.165, 1.54) is 29.2 Å². The van der Waals surface area contributed by atoms with Crippen molar-refractivity contribution in [3.8, 4) is 17.6 Å². The van der Waals surface area contributed by atoms with Crippen LogP contribution >= 0.6 is 12.4 Å². The highest BCUT2D eigenvalue weighted by atomic mass is 35.5. The van der Waals surface area contributed by atoms with E-state index in [-0.39, 0.29) is 41.7 Å². The minimum atomic E-state index is -4.04. The number of fused-ring (bicyclic) bond motifs is 1. The average Bonchev–Trinajstić information content (AvgIpc) is 3.30. The van der Waals surface area contributed by atoms with Gasteiger partial charge in [0.1, 0.15) is 53.2 Å². The van der Waals surface area contributed by atoms with Crippen LogP contribution in [0.1, 0.15) is 24.3 Å². The smallest absolute Gasteiger partial charge is 0.274 e. The quantitative estimate of drug-likeness (QED) is 0.262. The summed E-state index contributed by atoms with van der Waals surface area (Å²) in [6.45, 7) is 1.71. The van der Waals surface area contributed by atoms with Crippen LogP contribution in [0.4, 0.5) is 10.2 Å². The Morgan fingerprint density at radius 1 is 1.28 bits per heavy atom. The topological polar surface area (TPSA) is 188 Å². The second kappa shape index (κ2) is 10.9. The third-order valence-electron chi connectivity index (χ3n) is 5.33. The highest BCUT2D eigenvalue weighted by Crippen LogP contribution is 2.34. The number of nitrogens with two attached hydrogens (primary N) is 2. The number of aliphatic hydroxyl groups is 2. The molecule has 4 atom stereocenters. The number of aromatic nitrogens is 3. The first-order chi connectivity index (χ1) is 16.6. The summed E-state index contributed by atoms with van der Waals surface area (Å²) in [5, 5.41) is 26.2. The molecular formula is C21H24ClFN6O6S. The number of rotatable bonds is 6. The molecule has 2 aromatic heterocycles. The predicted octanol–water partition coefficient (Wildman–Crippen LogP) is -0.215. The van der Waals surface area contributed by atoms with Gasteiger partial charge in [0.15, 0.2) is 6.23 Å². The third kappa shape index (κ3) is 5.52. The molecule has 1 aliphatic heterocycles. The van der Waals surface area contributed by atoms with E-state index in [1.807, 2.05) is 4.72 Å². The van der Waals surface area contributed by atoms with Crippen LogP contribution in [-0.4, -0.2) is 64.6 Å². The number of hydrogen-bond donors (Lipinski definition) is 5. The van der Waals surface area contributed by atoms with Crippen LogP contribution < -0.4 is 20.3 Å². The van der Waals surface area contributed by atoms with Crippen LogP contribution in [0.3, 0.4) is 0 Å². The molecule has 4 unspecified atom stereocenters. The molecule has 1 aromatic carbocycles. The Labute approximate surface area is 212 Å². The number of benzene rings is 1. The Morgan fingerprint density at radius 2 is 2.03 bits per heavy atom. The Kier molecular flexibility index (Phi) is 8.37. The van der Waals surface area contributed by atoms with Crippen molar-refractivity contribution in [1.82, 2.24) is 19.3 Å². The molecular weight excluding hydrogens is 519 g/mol. The molecule has 12 nitrogen and oxygen atoms in total. The largest absolute Gasteiger partial charge is 0.492 e. The molecule has 1 aliphatic rings. The van der Waals surface area contributed by atoms with Crippen molar-refractivity contribution in [2.45, 2.75) is 31.5 Å². The molecule has 0 spiro atoms. The molecule has 3 heterocycles.